The number of nitrogens with zero attached hydrogens (tertiary/aromatic N) is 1. The van der Waals surface area contributed by atoms with Crippen LogP contribution >= 0.6 is 0 Å². The van der Waals surface area contributed by atoms with Crippen molar-refractivity contribution in [3.05, 3.63) is 0 Å². The van der Waals surface area contributed by atoms with Crippen molar-refractivity contribution in [2.24, 2.45) is 5.41 Å². The zero-order chi connectivity index (χ0) is 10.9. The van der Waals surface area contributed by atoms with Crippen LogP contribution < -0.4 is 0 Å². The van der Waals surface area contributed by atoms with Gasteiger partial charge >= 0.3 is 0 Å². The van der Waals surface area contributed by atoms with Gasteiger partial charge in [0.05, 0.1) is 18.8 Å². The molecular weight excluding hydrogens is 182 g/mol. The van der Waals surface area contributed by atoms with Gasteiger partial charge in [-0.1, -0.05) is 20.8 Å². The predicted octanol–water partition coefficient (Wildman–Crippen LogP) is -0.0134. The number of hydrogen-bond donors (Lipinski definition) is 2. The predicted molar refractivity (Wildman–Crippen MR) is 52.7 cm³/mol. The molecule has 14 heavy (non-hydrogen) atoms. The van der Waals surface area contributed by atoms with Crippen molar-refractivity contribution in [2.45, 2.75) is 39.3 Å². The molecule has 82 valence electrons. The van der Waals surface area contributed by atoms with Gasteiger partial charge in [0.25, 0.3) is 0 Å². The van der Waals surface area contributed by atoms with Gasteiger partial charge in [-0.15, -0.1) is 0 Å². The first kappa shape index (κ1) is 11.5. The second-order valence-electron chi connectivity index (χ2n) is 4.93. The number of hydrogen-bond acceptors (Lipinski definition) is 3. The van der Waals surface area contributed by atoms with Gasteiger partial charge < -0.3 is 15.1 Å². The molecule has 0 aromatic heterocycles. The van der Waals surface area contributed by atoms with Gasteiger partial charge in [0.15, 0.2) is 0 Å². The molecule has 1 rings (SSSR count). The molecule has 4 heteroatoms. The van der Waals surface area contributed by atoms with Crippen LogP contribution in [0.5, 0.6) is 0 Å². The maximum absolute atomic E-state index is 11.9. The first-order chi connectivity index (χ1) is 6.36. The number of aliphatic hydroxyl groups excluding tert-OH is 2. The summed E-state index contributed by atoms with van der Waals surface area (Å²) in [5.74, 6) is -0.00639. The Kier molecular flexibility index (Phi) is 3.17. The van der Waals surface area contributed by atoms with Crippen LogP contribution in [0.15, 0.2) is 0 Å². The van der Waals surface area contributed by atoms with Crippen LogP contribution in [-0.2, 0) is 4.79 Å². The molecule has 0 aliphatic carbocycles. The molecule has 1 aliphatic rings. The van der Waals surface area contributed by atoms with E-state index in [0.29, 0.717) is 13.0 Å². The Labute approximate surface area is 84.5 Å². The molecule has 0 bridgehead atoms. The Bertz CT molecular complexity index is 222. The fourth-order valence-corrected chi connectivity index (χ4v) is 1.74. The molecule has 1 heterocycles. The van der Waals surface area contributed by atoms with Crippen LogP contribution in [0.4, 0.5) is 0 Å². The van der Waals surface area contributed by atoms with E-state index in [0.717, 1.165) is 0 Å². The maximum atomic E-state index is 11.9. The Hall–Kier alpha value is -0.610. The van der Waals surface area contributed by atoms with E-state index in [1.165, 1.54) is 0 Å². The van der Waals surface area contributed by atoms with E-state index in [9.17, 15) is 9.90 Å². The van der Waals surface area contributed by atoms with Crippen LogP contribution in [0.25, 0.3) is 0 Å². The summed E-state index contributed by atoms with van der Waals surface area (Å²) in [6.07, 6.45) is -0.00310. The molecule has 0 saturated carbocycles. The van der Waals surface area contributed by atoms with Crippen molar-refractivity contribution in [1.82, 2.24) is 4.90 Å². The van der Waals surface area contributed by atoms with Gasteiger partial charge in [-0.25, -0.2) is 0 Å². The highest BCUT2D eigenvalue weighted by Gasteiger charge is 2.38. The summed E-state index contributed by atoms with van der Waals surface area (Å²) in [4.78, 5) is 13.5. The van der Waals surface area contributed by atoms with E-state index in [1.54, 1.807) is 4.90 Å². The number of aliphatic hydroxyl groups is 2. The van der Waals surface area contributed by atoms with Crippen LogP contribution in [0.3, 0.4) is 0 Å². The first-order valence-corrected chi connectivity index (χ1v) is 4.96. The van der Waals surface area contributed by atoms with Crippen molar-refractivity contribution in [3.63, 3.8) is 0 Å². The number of rotatable bonds is 1. The lowest BCUT2D eigenvalue weighted by Crippen LogP contribution is -2.44. The molecule has 2 N–H and O–H groups in total. The summed E-state index contributed by atoms with van der Waals surface area (Å²) in [5.41, 5.74) is -0.447. The van der Waals surface area contributed by atoms with E-state index in [2.05, 4.69) is 0 Å². The van der Waals surface area contributed by atoms with Crippen molar-refractivity contribution < 1.29 is 15.0 Å². The third kappa shape index (κ3) is 2.25. The number of carbonyl (C=O) groups is 1. The normalized spacial score (nSPS) is 28.2. The molecule has 0 aromatic rings. The number of likely N-dealkylation sites (tertiary alicyclic amines) is 1. The van der Waals surface area contributed by atoms with E-state index < -0.39 is 11.5 Å². The van der Waals surface area contributed by atoms with Crippen LogP contribution in [0.2, 0.25) is 0 Å². The molecule has 1 fully saturated rings. The Balaban J connectivity index is 2.72. The molecular formula is C10H19NO3. The van der Waals surface area contributed by atoms with E-state index >= 15 is 0 Å². The molecule has 0 spiro atoms. The highest BCUT2D eigenvalue weighted by molar-refractivity contribution is 5.82. The summed E-state index contributed by atoms with van der Waals surface area (Å²) in [6, 6.07) is -0.211. The summed E-state index contributed by atoms with van der Waals surface area (Å²) < 4.78 is 0. The van der Waals surface area contributed by atoms with Crippen molar-refractivity contribution >= 4 is 5.91 Å². The number of carbonyl (C=O) groups excluding carboxylic acids is 1. The zero-order valence-electron chi connectivity index (χ0n) is 9.03. The third-order valence-electron chi connectivity index (χ3n) is 2.51. The minimum atomic E-state index is -0.488. The molecule has 1 saturated heterocycles. The highest BCUT2D eigenvalue weighted by Crippen LogP contribution is 2.25. The molecule has 0 radical (unpaired) electrons. The third-order valence-corrected chi connectivity index (χ3v) is 2.51. The quantitative estimate of drug-likeness (QED) is 0.627. The Morgan fingerprint density at radius 1 is 1.50 bits per heavy atom. The topological polar surface area (TPSA) is 60.8 Å². The Morgan fingerprint density at radius 2 is 2.07 bits per heavy atom. The second kappa shape index (κ2) is 3.87. The summed E-state index contributed by atoms with van der Waals surface area (Å²) in [6.45, 7) is 5.80. The van der Waals surface area contributed by atoms with Gasteiger partial charge in [0.2, 0.25) is 5.91 Å². The fourth-order valence-electron chi connectivity index (χ4n) is 1.74. The molecule has 0 unspecified atom stereocenters. The van der Waals surface area contributed by atoms with Gasteiger partial charge in [0, 0.05) is 12.0 Å². The zero-order valence-corrected chi connectivity index (χ0v) is 9.03. The monoisotopic (exact) mass is 201 g/mol. The minimum absolute atomic E-state index is 0.00639. The second-order valence-corrected chi connectivity index (χ2v) is 4.93. The van der Waals surface area contributed by atoms with E-state index in [-0.39, 0.29) is 18.6 Å². The first-order valence-electron chi connectivity index (χ1n) is 4.96. The van der Waals surface area contributed by atoms with Gasteiger partial charge in [-0.05, 0) is 6.42 Å². The van der Waals surface area contributed by atoms with Crippen molar-refractivity contribution in [3.8, 4) is 0 Å². The summed E-state index contributed by atoms with van der Waals surface area (Å²) >= 11 is 0. The molecule has 1 amide bonds. The number of amides is 1. The minimum Gasteiger partial charge on any atom is -0.394 e. The van der Waals surface area contributed by atoms with Gasteiger partial charge in [-0.2, -0.15) is 0 Å². The molecule has 0 aromatic carbocycles. The average Bonchev–Trinajstić information content (AvgIpc) is 2.43. The fraction of sp³-hybridized carbons (Fsp3) is 0.900. The van der Waals surface area contributed by atoms with Gasteiger partial charge in [0.1, 0.15) is 0 Å². The highest BCUT2D eigenvalue weighted by atomic mass is 16.3. The van der Waals surface area contributed by atoms with E-state index in [1.807, 2.05) is 20.8 Å². The Morgan fingerprint density at radius 3 is 2.50 bits per heavy atom. The lowest BCUT2D eigenvalue weighted by atomic mass is 9.94. The van der Waals surface area contributed by atoms with Gasteiger partial charge in [-0.3, -0.25) is 4.79 Å². The lowest BCUT2D eigenvalue weighted by Gasteiger charge is -2.29. The SMILES string of the molecule is CC(C)(C)C(=O)N1C[C@H](O)C[C@H]1CO. The largest absolute Gasteiger partial charge is 0.394 e. The lowest BCUT2D eigenvalue weighted by molar-refractivity contribution is -0.141. The molecule has 2 atom stereocenters. The maximum Gasteiger partial charge on any atom is 0.228 e. The smallest absolute Gasteiger partial charge is 0.228 e. The van der Waals surface area contributed by atoms with Crippen LogP contribution in [0, 0.1) is 5.41 Å². The summed E-state index contributed by atoms with van der Waals surface area (Å²) in [7, 11) is 0. The van der Waals surface area contributed by atoms with Crippen molar-refractivity contribution in [2.75, 3.05) is 13.2 Å². The van der Waals surface area contributed by atoms with Crippen LogP contribution in [0.1, 0.15) is 27.2 Å². The summed E-state index contributed by atoms with van der Waals surface area (Å²) in [5, 5.41) is 18.5. The average molecular weight is 201 g/mol. The number of β-amino-alcohol motifs (C(OH)–C–C–N with tert-alkyl or cyclic N) is 1. The van der Waals surface area contributed by atoms with Crippen molar-refractivity contribution in [1.29, 1.82) is 0 Å². The standard InChI is InChI=1S/C10H19NO3/c1-10(2,3)9(14)11-5-8(13)4-7(11)6-12/h7-8,12-13H,4-6H2,1-3H3/t7-,8+/m0/s1. The molecule has 4 nitrogen and oxygen atoms in total. The van der Waals surface area contributed by atoms with E-state index in [4.69, 9.17) is 5.11 Å². The van der Waals surface area contributed by atoms with Crippen LogP contribution in [-0.4, -0.2) is 46.3 Å². The molecule has 1 aliphatic heterocycles.